The second-order valence-corrected chi connectivity index (χ2v) is 19.4. The van der Waals surface area contributed by atoms with Crippen LogP contribution in [0.15, 0.2) is 164 Å². The van der Waals surface area contributed by atoms with E-state index in [-0.39, 0.29) is 17.7 Å². The summed E-state index contributed by atoms with van der Waals surface area (Å²) < 4.78 is 2.68. The van der Waals surface area contributed by atoms with Crippen molar-refractivity contribution in [1.82, 2.24) is 4.48 Å². The molecule has 0 aliphatic carbocycles. The van der Waals surface area contributed by atoms with E-state index < -0.39 is 0 Å². The molecular weight excluding hydrogens is 749 g/mol. The topological polar surface area (TPSA) is 32.0 Å². The molecule has 2 aliphatic heterocycles. The van der Waals surface area contributed by atoms with Gasteiger partial charge in [0.05, 0.1) is 11.6 Å². The Morgan fingerprint density at radius 2 is 1.15 bits per heavy atom. The molecule has 9 aromatic rings. The van der Waals surface area contributed by atoms with Crippen LogP contribution >= 0.6 is 0 Å². The second kappa shape index (κ2) is 13.7. The van der Waals surface area contributed by atoms with E-state index in [1.807, 2.05) is 12.1 Å². The van der Waals surface area contributed by atoms with Crippen LogP contribution in [0.25, 0.3) is 66.3 Å². The monoisotopic (exact) mass is 797 g/mol. The Balaban J connectivity index is 1.30. The number of nitriles is 1. The lowest BCUT2D eigenvalue weighted by Crippen LogP contribution is -2.57. The lowest BCUT2D eigenvalue weighted by atomic mass is 9.44. The molecule has 0 amide bonds. The third-order valence-corrected chi connectivity index (χ3v) is 13.5. The summed E-state index contributed by atoms with van der Waals surface area (Å²) in [6.07, 6.45) is 0. The van der Waals surface area contributed by atoms with Crippen LogP contribution in [0.4, 0.5) is 17.1 Å². The molecule has 0 radical (unpaired) electrons. The number of benzene rings is 8. The molecule has 1 aromatic heterocycles. The maximum atomic E-state index is 10.1. The molecule has 11 rings (SSSR count). The van der Waals surface area contributed by atoms with E-state index in [0.717, 1.165) is 28.2 Å². The smallest absolute Gasteiger partial charge is 0.333 e. The van der Waals surface area contributed by atoms with Crippen molar-refractivity contribution in [3.63, 3.8) is 0 Å². The number of fused-ring (bicyclic) bond motifs is 7. The van der Waals surface area contributed by atoms with Gasteiger partial charge in [0.1, 0.15) is 0 Å². The first-order chi connectivity index (χ1) is 29.9. The van der Waals surface area contributed by atoms with Crippen molar-refractivity contribution in [2.75, 3.05) is 4.90 Å². The summed E-state index contributed by atoms with van der Waals surface area (Å²) in [5.74, 6) is 0. The van der Waals surface area contributed by atoms with Crippen molar-refractivity contribution in [2.45, 2.75) is 59.3 Å². The van der Waals surface area contributed by atoms with Gasteiger partial charge in [-0.2, -0.15) is 5.26 Å². The first-order valence-corrected chi connectivity index (χ1v) is 21.8. The summed E-state index contributed by atoms with van der Waals surface area (Å²) in [4.78, 5) is 2.50. The lowest BCUT2D eigenvalue weighted by molar-refractivity contribution is 0.590. The number of hydrogen-bond acceptors (Lipinski definition) is 2. The molecule has 8 aromatic carbocycles. The molecule has 298 valence electrons. The third kappa shape index (κ3) is 5.79. The summed E-state index contributed by atoms with van der Waals surface area (Å²) in [5.41, 5.74) is 22.5. The summed E-state index contributed by atoms with van der Waals surface area (Å²) in [6, 6.07) is 62.8. The van der Waals surface area contributed by atoms with Crippen molar-refractivity contribution in [2.24, 2.45) is 0 Å². The van der Waals surface area contributed by atoms with Gasteiger partial charge in [-0.1, -0.05) is 145 Å². The first kappa shape index (κ1) is 37.9. The molecule has 0 saturated heterocycles. The van der Waals surface area contributed by atoms with E-state index >= 15 is 0 Å². The van der Waals surface area contributed by atoms with Gasteiger partial charge in [-0.25, -0.2) is 0 Å². The molecule has 3 nitrogen and oxygen atoms in total. The number of nitrogens with zero attached hydrogens (tertiary/aromatic N) is 3. The predicted molar refractivity (Wildman–Crippen MR) is 263 cm³/mol. The molecule has 0 fully saturated rings. The predicted octanol–water partition coefficient (Wildman–Crippen LogP) is 14.0. The van der Waals surface area contributed by atoms with Gasteiger partial charge in [0, 0.05) is 44.4 Å². The standard InChI is InChI=1S/C58H48BN3/c1-36-46(42-20-14-15-37(29-42)35-60)34-53-55-54(36)49-33-44(58(5,6)7)32-48-47-31-43(57(2,3)4)24-28-51(47)62(56(48)49)59(55)50-30-41(39-18-12-9-13-19-39)23-27-52(50)61(53)45-25-21-40(22-26-45)38-16-10-8-11-17-38/h8-34H,1-7H3. The minimum atomic E-state index is -0.106. The van der Waals surface area contributed by atoms with Gasteiger partial charge in [-0.15, -0.1) is 0 Å². The molecule has 0 bridgehead atoms. The summed E-state index contributed by atoms with van der Waals surface area (Å²) in [7, 11) is 0. The van der Waals surface area contributed by atoms with Gasteiger partial charge >= 0.3 is 6.85 Å². The molecule has 2 aliphatic rings. The minimum Gasteiger partial charge on any atom is -0.375 e. The fraction of sp³-hybridized carbons (Fsp3) is 0.155. The number of anilines is 3. The van der Waals surface area contributed by atoms with Gasteiger partial charge in [0.2, 0.25) is 0 Å². The first-order valence-electron chi connectivity index (χ1n) is 21.8. The maximum absolute atomic E-state index is 10.1. The Morgan fingerprint density at radius 3 is 1.82 bits per heavy atom. The van der Waals surface area contributed by atoms with E-state index in [0.29, 0.717) is 5.56 Å². The van der Waals surface area contributed by atoms with Crippen LogP contribution in [0.5, 0.6) is 0 Å². The van der Waals surface area contributed by atoms with Crippen LogP contribution in [-0.2, 0) is 10.8 Å². The molecule has 4 heteroatoms. The Morgan fingerprint density at radius 1 is 0.516 bits per heavy atom. The van der Waals surface area contributed by atoms with Crippen molar-refractivity contribution in [1.29, 1.82) is 5.26 Å². The molecule has 0 saturated carbocycles. The summed E-state index contributed by atoms with van der Waals surface area (Å²) in [5, 5.41) is 12.7. The Bertz CT molecular complexity index is 3320. The highest BCUT2D eigenvalue weighted by Crippen LogP contribution is 2.50. The van der Waals surface area contributed by atoms with Crippen molar-refractivity contribution in [3.8, 4) is 50.6 Å². The van der Waals surface area contributed by atoms with Crippen molar-refractivity contribution in [3.05, 3.63) is 186 Å². The fourth-order valence-corrected chi connectivity index (χ4v) is 10.2. The zero-order valence-corrected chi connectivity index (χ0v) is 36.5. The van der Waals surface area contributed by atoms with Gasteiger partial charge in [-0.05, 0) is 145 Å². The quantitative estimate of drug-likeness (QED) is 0.166. The summed E-state index contributed by atoms with van der Waals surface area (Å²) >= 11 is 0. The highest BCUT2D eigenvalue weighted by molar-refractivity contribution is 6.90. The van der Waals surface area contributed by atoms with E-state index in [2.05, 4.69) is 216 Å². The number of rotatable bonds is 4. The van der Waals surface area contributed by atoms with Crippen LogP contribution in [0.3, 0.4) is 0 Å². The highest BCUT2D eigenvalue weighted by Gasteiger charge is 2.44. The van der Waals surface area contributed by atoms with Gasteiger partial charge in [-0.3, -0.25) is 0 Å². The number of aromatic nitrogens is 1. The van der Waals surface area contributed by atoms with Crippen LogP contribution < -0.4 is 15.8 Å². The zero-order valence-electron chi connectivity index (χ0n) is 36.5. The molecule has 0 N–H and O–H groups in total. The van der Waals surface area contributed by atoms with Gasteiger partial charge in [0.25, 0.3) is 0 Å². The van der Waals surface area contributed by atoms with Crippen LogP contribution in [0, 0.1) is 18.3 Å². The molecule has 3 heterocycles. The van der Waals surface area contributed by atoms with E-state index in [9.17, 15) is 5.26 Å². The molecule has 0 atom stereocenters. The average Bonchev–Trinajstić information content (AvgIpc) is 3.61. The third-order valence-electron chi connectivity index (χ3n) is 13.5. The Labute approximate surface area is 365 Å². The SMILES string of the molecule is Cc1c(-c2cccc(C#N)c2)cc2c3c1-c1cc(C(C)(C)C)cc4c5cc(C(C)(C)C)ccc5n(c14)B3c1cc(-c3ccccc3)ccc1N2c1ccc(-c2ccccc2)cc1. The lowest BCUT2D eigenvalue weighted by Gasteiger charge is -2.42. The Kier molecular flexibility index (Phi) is 8.38. The summed E-state index contributed by atoms with van der Waals surface area (Å²) in [6.45, 7) is 16.1. The second-order valence-electron chi connectivity index (χ2n) is 19.4. The van der Waals surface area contributed by atoms with E-state index in [4.69, 9.17) is 0 Å². The molecule has 0 spiro atoms. The largest absolute Gasteiger partial charge is 0.375 e. The highest BCUT2D eigenvalue weighted by atomic mass is 15.2. The van der Waals surface area contributed by atoms with E-state index in [1.54, 1.807) is 0 Å². The fourth-order valence-electron chi connectivity index (χ4n) is 10.2. The molecular formula is C58H48BN3. The zero-order chi connectivity index (χ0) is 42.7. The maximum Gasteiger partial charge on any atom is 0.333 e. The van der Waals surface area contributed by atoms with Crippen LogP contribution in [0.1, 0.15) is 63.8 Å². The number of hydrogen-bond donors (Lipinski definition) is 0. The van der Waals surface area contributed by atoms with Gasteiger partial charge < -0.3 is 9.38 Å². The molecule has 62 heavy (non-hydrogen) atoms. The Hall–Kier alpha value is -7.09. The van der Waals surface area contributed by atoms with E-state index in [1.165, 1.54) is 82.8 Å². The van der Waals surface area contributed by atoms with Crippen molar-refractivity contribution >= 4 is 56.6 Å². The van der Waals surface area contributed by atoms with Gasteiger partial charge in [0.15, 0.2) is 0 Å². The molecule has 0 unspecified atom stereocenters. The normalized spacial score (nSPS) is 13.0. The van der Waals surface area contributed by atoms with Crippen LogP contribution in [0.2, 0.25) is 0 Å². The average molecular weight is 798 g/mol. The minimum absolute atomic E-state index is 0.00850. The van der Waals surface area contributed by atoms with Crippen molar-refractivity contribution < 1.29 is 0 Å². The van der Waals surface area contributed by atoms with Crippen LogP contribution in [-0.4, -0.2) is 11.3 Å².